The number of amides is 1. The van der Waals surface area contributed by atoms with E-state index in [-0.39, 0.29) is 30.8 Å². The second-order valence-electron chi connectivity index (χ2n) is 9.82. The number of ether oxygens (including phenoxy) is 4. The lowest BCUT2D eigenvalue weighted by molar-refractivity contribution is -0.162. The molecule has 3 heterocycles. The number of morpholine rings is 1. The predicted octanol–water partition coefficient (Wildman–Crippen LogP) is 2.84. The first kappa shape index (κ1) is 25.2. The lowest BCUT2D eigenvalue weighted by Crippen LogP contribution is -2.55. The van der Waals surface area contributed by atoms with E-state index in [1.165, 1.54) is 0 Å². The normalized spacial score (nSPS) is 27.5. The SMILES string of the molecule is O=C(C[C@@H]1CC[C@@H]2[C@H](COC[C@@H](O)CN2Cc2ccc(Oc3ccccc3)cc2)O1)N1CCOCC1. The van der Waals surface area contributed by atoms with Crippen LogP contribution >= 0.6 is 0 Å². The molecule has 3 saturated heterocycles. The fourth-order valence-corrected chi connectivity index (χ4v) is 5.29. The number of para-hydroxylation sites is 1. The molecule has 0 aliphatic carbocycles. The predicted molar refractivity (Wildman–Crippen MR) is 134 cm³/mol. The molecule has 3 aliphatic heterocycles. The van der Waals surface area contributed by atoms with E-state index in [0.717, 1.165) is 29.9 Å². The number of hydrogen-bond donors (Lipinski definition) is 1. The topological polar surface area (TPSA) is 80.7 Å². The summed E-state index contributed by atoms with van der Waals surface area (Å²) in [4.78, 5) is 16.9. The van der Waals surface area contributed by atoms with Crippen molar-refractivity contribution in [1.29, 1.82) is 0 Å². The molecule has 0 bridgehead atoms. The molecular weight excluding hydrogens is 460 g/mol. The van der Waals surface area contributed by atoms with E-state index in [1.54, 1.807) is 0 Å². The number of fused-ring (bicyclic) bond motifs is 1. The summed E-state index contributed by atoms with van der Waals surface area (Å²) < 4.78 is 23.5. The van der Waals surface area contributed by atoms with Crippen molar-refractivity contribution in [2.24, 2.45) is 0 Å². The van der Waals surface area contributed by atoms with E-state index in [0.29, 0.717) is 52.4 Å². The van der Waals surface area contributed by atoms with E-state index < -0.39 is 6.10 Å². The van der Waals surface area contributed by atoms with E-state index in [2.05, 4.69) is 17.0 Å². The number of carbonyl (C=O) groups excluding carboxylic acids is 1. The minimum Gasteiger partial charge on any atom is -0.457 e. The molecule has 0 aromatic heterocycles. The summed E-state index contributed by atoms with van der Waals surface area (Å²) in [6, 6.07) is 18.0. The average molecular weight is 497 g/mol. The van der Waals surface area contributed by atoms with Gasteiger partial charge in [-0.3, -0.25) is 9.69 Å². The third kappa shape index (κ3) is 6.63. The number of aliphatic hydroxyl groups excluding tert-OH is 1. The molecule has 2 aromatic rings. The molecule has 36 heavy (non-hydrogen) atoms. The minimum atomic E-state index is -0.549. The zero-order valence-corrected chi connectivity index (χ0v) is 20.7. The molecule has 8 nitrogen and oxygen atoms in total. The third-order valence-corrected chi connectivity index (χ3v) is 7.14. The van der Waals surface area contributed by atoms with Crippen LogP contribution in [-0.4, -0.2) is 91.2 Å². The number of rotatable bonds is 6. The van der Waals surface area contributed by atoms with Crippen LogP contribution in [0, 0.1) is 0 Å². The van der Waals surface area contributed by atoms with Crippen LogP contribution in [-0.2, 0) is 25.5 Å². The van der Waals surface area contributed by atoms with Crippen molar-refractivity contribution >= 4 is 5.91 Å². The van der Waals surface area contributed by atoms with Gasteiger partial charge in [-0.25, -0.2) is 0 Å². The summed E-state index contributed by atoms with van der Waals surface area (Å²) in [7, 11) is 0. The lowest BCUT2D eigenvalue weighted by atomic mass is 9.94. The summed E-state index contributed by atoms with van der Waals surface area (Å²) >= 11 is 0. The van der Waals surface area contributed by atoms with Crippen LogP contribution in [0.1, 0.15) is 24.8 Å². The Balaban J connectivity index is 1.21. The third-order valence-electron chi connectivity index (χ3n) is 7.14. The van der Waals surface area contributed by atoms with Gasteiger partial charge in [0.1, 0.15) is 11.5 Å². The number of benzene rings is 2. The molecule has 5 rings (SSSR count). The maximum absolute atomic E-state index is 12.7. The van der Waals surface area contributed by atoms with Crippen LogP contribution in [0.3, 0.4) is 0 Å². The Hall–Kier alpha value is -2.49. The summed E-state index contributed by atoms with van der Waals surface area (Å²) in [5, 5.41) is 10.5. The van der Waals surface area contributed by atoms with E-state index in [1.807, 2.05) is 47.4 Å². The van der Waals surface area contributed by atoms with Crippen molar-refractivity contribution in [2.45, 2.75) is 50.2 Å². The minimum absolute atomic E-state index is 0.106. The molecule has 2 aromatic carbocycles. The first-order valence-electron chi connectivity index (χ1n) is 13.0. The van der Waals surface area contributed by atoms with Crippen molar-refractivity contribution in [3.63, 3.8) is 0 Å². The van der Waals surface area contributed by atoms with E-state index in [4.69, 9.17) is 18.9 Å². The Morgan fingerprint density at radius 1 is 0.944 bits per heavy atom. The highest BCUT2D eigenvalue weighted by molar-refractivity contribution is 5.76. The number of aliphatic hydroxyl groups is 1. The molecule has 0 saturated carbocycles. The Kier molecular flexibility index (Phi) is 8.51. The van der Waals surface area contributed by atoms with E-state index in [9.17, 15) is 9.90 Å². The molecule has 1 amide bonds. The van der Waals surface area contributed by atoms with Crippen molar-refractivity contribution < 1.29 is 28.8 Å². The van der Waals surface area contributed by atoms with Gasteiger partial charge in [-0.05, 0) is 42.7 Å². The highest BCUT2D eigenvalue weighted by Crippen LogP contribution is 2.30. The van der Waals surface area contributed by atoms with Crippen LogP contribution in [0.15, 0.2) is 54.6 Å². The molecule has 0 unspecified atom stereocenters. The van der Waals surface area contributed by atoms with Gasteiger partial charge in [0.05, 0.1) is 51.2 Å². The standard InChI is InChI=1S/C28H36N2O6/c31-22-18-30(17-21-6-8-24(9-7-21)35-23-4-2-1-3-5-23)26-11-10-25(36-27(26)20-34-19-22)16-28(32)29-12-14-33-15-13-29/h1-9,22,25-27,31H,10-20H2/t22-,25-,26+,27-/m0/s1. The van der Waals surface area contributed by atoms with Gasteiger partial charge in [0.2, 0.25) is 5.91 Å². The summed E-state index contributed by atoms with van der Waals surface area (Å²) in [6.45, 7) is 4.44. The highest BCUT2D eigenvalue weighted by Gasteiger charge is 2.38. The number of nitrogens with zero attached hydrogens (tertiary/aromatic N) is 2. The molecule has 1 N–H and O–H groups in total. The number of hydrogen-bond acceptors (Lipinski definition) is 7. The Morgan fingerprint density at radius 3 is 2.47 bits per heavy atom. The van der Waals surface area contributed by atoms with Crippen molar-refractivity contribution in [1.82, 2.24) is 9.80 Å². The smallest absolute Gasteiger partial charge is 0.225 e. The molecule has 3 aliphatic rings. The van der Waals surface area contributed by atoms with Crippen molar-refractivity contribution in [3.05, 3.63) is 60.2 Å². The van der Waals surface area contributed by atoms with Gasteiger partial charge in [0, 0.05) is 32.2 Å². The van der Waals surface area contributed by atoms with Crippen LogP contribution in [0.5, 0.6) is 11.5 Å². The lowest BCUT2D eigenvalue weighted by Gasteiger charge is -2.44. The first-order chi connectivity index (χ1) is 17.6. The van der Waals surface area contributed by atoms with Gasteiger partial charge in [0.25, 0.3) is 0 Å². The van der Waals surface area contributed by atoms with Crippen LogP contribution in [0.25, 0.3) is 0 Å². The summed E-state index contributed by atoms with van der Waals surface area (Å²) in [5.41, 5.74) is 1.15. The first-order valence-corrected chi connectivity index (χ1v) is 13.0. The highest BCUT2D eigenvalue weighted by atomic mass is 16.5. The Morgan fingerprint density at radius 2 is 1.69 bits per heavy atom. The van der Waals surface area contributed by atoms with Gasteiger partial charge in [-0.15, -0.1) is 0 Å². The van der Waals surface area contributed by atoms with Crippen molar-refractivity contribution in [3.8, 4) is 11.5 Å². The summed E-state index contributed by atoms with van der Waals surface area (Å²) in [6.07, 6.45) is 1.33. The second kappa shape index (κ2) is 12.2. The summed E-state index contributed by atoms with van der Waals surface area (Å²) in [5.74, 6) is 1.73. The van der Waals surface area contributed by atoms with Gasteiger partial charge in [0.15, 0.2) is 0 Å². The second-order valence-corrected chi connectivity index (χ2v) is 9.82. The molecule has 0 radical (unpaired) electrons. The molecule has 3 fully saturated rings. The Labute approximate surface area is 212 Å². The average Bonchev–Trinajstić information content (AvgIpc) is 2.90. The quantitative estimate of drug-likeness (QED) is 0.659. The molecule has 4 atom stereocenters. The van der Waals surface area contributed by atoms with Gasteiger partial charge >= 0.3 is 0 Å². The zero-order valence-electron chi connectivity index (χ0n) is 20.7. The van der Waals surface area contributed by atoms with Crippen LogP contribution in [0.2, 0.25) is 0 Å². The molecule has 194 valence electrons. The Bertz CT molecular complexity index is 966. The maximum atomic E-state index is 12.7. The van der Waals surface area contributed by atoms with Crippen LogP contribution in [0.4, 0.5) is 0 Å². The number of carbonyl (C=O) groups is 1. The largest absolute Gasteiger partial charge is 0.457 e. The fourth-order valence-electron chi connectivity index (χ4n) is 5.29. The van der Waals surface area contributed by atoms with Crippen LogP contribution < -0.4 is 4.74 Å². The molecule has 0 spiro atoms. The van der Waals surface area contributed by atoms with Crippen molar-refractivity contribution in [2.75, 3.05) is 46.1 Å². The van der Waals surface area contributed by atoms with E-state index >= 15 is 0 Å². The van der Waals surface area contributed by atoms with Gasteiger partial charge < -0.3 is 29.0 Å². The number of β-amino-alcohol motifs (C(OH)–C–C–N with tert-alkyl or cyclic N) is 1. The molecule has 8 heteroatoms. The fraction of sp³-hybridized carbons (Fsp3) is 0.536. The zero-order chi connectivity index (χ0) is 24.7. The van der Waals surface area contributed by atoms with Gasteiger partial charge in [-0.2, -0.15) is 0 Å². The maximum Gasteiger partial charge on any atom is 0.225 e. The van der Waals surface area contributed by atoms with Gasteiger partial charge in [-0.1, -0.05) is 30.3 Å². The monoisotopic (exact) mass is 496 g/mol. The molecular formula is C28H36N2O6.